The van der Waals surface area contributed by atoms with Gasteiger partial charge in [-0.3, -0.25) is 0 Å². The Morgan fingerprint density at radius 1 is 0.886 bits per heavy atom. The van der Waals surface area contributed by atoms with Crippen LogP contribution in [0.2, 0.25) is 0 Å². The normalized spacial score (nSPS) is 51.8. The molecule has 35 heavy (non-hydrogen) atoms. The predicted molar refractivity (Wildman–Crippen MR) is 139 cm³/mol. The molecule has 5 heteroatoms. The number of fused-ring (bicyclic) bond motifs is 5. The van der Waals surface area contributed by atoms with E-state index in [2.05, 4.69) is 34.6 Å². The van der Waals surface area contributed by atoms with Gasteiger partial charge in [0.1, 0.15) is 0 Å². The van der Waals surface area contributed by atoms with Crippen LogP contribution in [0.15, 0.2) is 0 Å². The highest BCUT2D eigenvalue weighted by Gasteiger charge is 2.72. The zero-order valence-electron chi connectivity index (χ0n) is 23.5. The highest BCUT2D eigenvalue weighted by molar-refractivity contribution is 5.21. The Morgan fingerprint density at radius 2 is 1.54 bits per heavy atom. The van der Waals surface area contributed by atoms with Gasteiger partial charge in [0.05, 0.1) is 24.4 Å². The first-order valence-electron chi connectivity index (χ1n) is 14.3. The first-order valence-corrected chi connectivity index (χ1v) is 14.3. The number of rotatable bonds is 5. The molecule has 0 bridgehead atoms. The van der Waals surface area contributed by atoms with Crippen molar-refractivity contribution in [3.63, 3.8) is 0 Å². The third-order valence-electron chi connectivity index (χ3n) is 12.8. The smallest absolute Gasteiger partial charge is 0.0626 e. The quantitative estimate of drug-likeness (QED) is 0.387. The Bertz CT molecular complexity index is 790. The zero-order chi connectivity index (χ0) is 26.2. The summed E-state index contributed by atoms with van der Waals surface area (Å²) in [5.74, 6) is 0.409. The molecule has 0 aliphatic heterocycles. The molecule has 4 aliphatic rings. The maximum absolute atomic E-state index is 12.0. The van der Waals surface area contributed by atoms with Crippen molar-refractivity contribution in [2.45, 2.75) is 124 Å². The predicted octanol–water partition coefficient (Wildman–Crippen LogP) is 4.53. The number of aliphatic hydroxyl groups is 5. The molecule has 0 spiro atoms. The minimum absolute atomic E-state index is 0.0106. The molecule has 0 aromatic heterocycles. The molecule has 5 nitrogen and oxygen atoms in total. The van der Waals surface area contributed by atoms with Gasteiger partial charge in [-0.25, -0.2) is 0 Å². The molecule has 0 heterocycles. The summed E-state index contributed by atoms with van der Waals surface area (Å²) in [4.78, 5) is 0. The molecule has 4 saturated carbocycles. The summed E-state index contributed by atoms with van der Waals surface area (Å²) >= 11 is 0. The van der Waals surface area contributed by atoms with Gasteiger partial charge in [0, 0.05) is 12.0 Å². The van der Waals surface area contributed by atoms with Crippen LogP contribution < -0.4 is 0 Å². The topological polar surface area (TPSA) is 101 Å². The molecular formula is C30H54O5. The lowest BCUT2D eigenvalue weighted by molar-refractivity contribution is -0.295. The van der Waals surface area contributed by atoms with Crippen LogP contribution >= 0.6 is 0 Å². The van der Waals surface area contributed by atoms with E-state index in [0.717, 1.165) is 38.5 Å². The van der Waals surface area contributed by atoms with Crippen LogP contribution in [0.25, 0.3) is 0 Å². The SMILES string of the molecule is CC1(C)CC[C@]2(CO)[C@H](O)C[C@]3(C)[C@H](C(O)C[C@@H]4[C@@](C)(CCCO)[C@H](C(C)(C)O)CC[C@]43C)[C@@H]2C1. The van der Waals surface area contributed by atoms with Crippen molar-refractivity contribution in [1.82, 2.24) is 0 Å². The van der Waals surface area contributed by atoms with Crippen LogP contribution in [-0.2, 0) is 0 Å². The van der Waals surface area contributed by atoms with Crippen molar-refractivity contribution >= 4 is 0 Å². The Hall–Kier alpha value is -0.200. The van der Waals surface area contributed by atoms with Crippen LogP contribution in [0.3, 0.4) is 0 Å². The van der Waals surface area contributed by atoms with E-state index >= 15 is 0 Å². The fourth-order valence-corrected chi connectivity index (χ4v) is 10.8. The van der Waals surface area contributed by atoms with Gasteiger partial charge in [-0.1, -0.05) is 34.6 Å². The monoisotopic (exact) mass is 494 g/mol. The summed E-state index contributed by atoms with van der Waals surface area (Å²) in [6, 6.07) is 0. The van der Waals surface area contributed by atoms with Crippen LogP contribution in [0.5, 0.6) is 0 Å². The first-order chi connectivity index (χ1) is 16.0. The fourth-order valence-electron chi connectivity index (χ4n) is 10.8. The lowest BCUT2D eigenvalue weighted by atomic mass is 9.31. The molecule has 5 N–H and O–H groups in total. The van der Waals surface area contributed by atoms with E-state index in [1.807, 2.05) is 13.8 Å². The standard InChI is InChI=1S/C30H54O5/c1-25(2)12-13-30(18-32)19(16-25)24-20(33)15-22-27(5,10-8-14-31)21(26(3,4)35)9-11-28(22,6)29(24,7)17-23(30)34/h19-24,31-35H,8-18H2,1-7H3/t19-,20?,21-,22+,23+,24-,27-,28+,29+,30+/m0/s1. The van der Waals surface area contributed by atoms with E-state index in [1.165, 1.54) is 0 Å². The molecular weight excluding hydrogens is 440 g/mol. The maximum atomic E-state index is 12.0. The number of hydrogen-bond acceptors (Lipinski definition) is 5. The summed E-state index contributed by atoms with van der Waals surface area (Å²) in [6.45, 7) is 15.6. The molecule has 0 aromatic rings. The van der Waals surface area contributed by atoms with Crippen molar-refractivity contribution in [3.8, 4) is 0 Å². The second-order valence-corrected chi connectivity index (χ2v) is 15.4. The van der Waals surface area contributed by atoms with E-state index in [9.17, 15) is 25.5 Å². The van der Waals surface area contributed by atoms with E-state index in [0.29, 0.717) is 19.3 Å². The first kappa shape index (κ1) is 27.8. The molecule has 1 unspecified atom stereocenters. The van der Waals surface area contributed by atoms with E-state index < -0.39 is 23.2 Å². The Morgan fingerprint density at radius 3 is 2.11 bits per heavy atom. The summed E-state index contributed by atoms with van der Waals surface area (Å²) in [5.41, 5.74) is -1.81. The molecule has 4 fully saturated rings. The van der Waals surface area contributed by atoms with Crippen LogP contribution in [-0.4, -0.2) is 56.6 Å². The van der Waals surface area contributed by atoms with Crippen molar-refractivity contribution < 1.29 is 25.5 Å². The third kappa shape index (κ3) is 3.88. The van der Waals surface area contributed by atoms with Gasteiger partial charge >= 0.3 is 0 Å². The van der Waals surface area contributed by atoms with Crippen molar-refractivity contribution in [2.75, 3.05) is 13.2 Å². The van der Waals surface area contributed by atoms with Gasteiger partial charge in [-0.15, -0.1) is 0 Å². The third-order valence-corrected chi connectivity index (χ3v) is 12.8. The lowest BCUT2D eigenvalue weighted by Crippen LogP contribution is -2.72. The highest BCUT2D eigenvalue weighted by Crippen LogP contribution is 2.75. The average Bonchev–Trinajstić information content (AvgIpc) is 2.73. The molecule has 0 amide bonds. The van der Waals surface area contributed by atoms with E-state index in [-0.39, 0.29) is 58.5 Å². The van der Waals surface area contributed by atoms with Crippen LogP contribution in [0.1, 0.15) is 106 Å². The van der Waals surface area contributed by atoms with Crippen molar-refractivity contribution in [3.05, 3.63) is 0 Å². The Balaban J connectivity index is 1.83. The minimum Gasteiger partial charge on any atom is -0.396 e. The minimum atomic E-state index is -0.834. The van der Waals surface area contributed by atoms with Gasteiger partial charge in [0.15, 0.2) is 0 Å². The largest absolute Gasteiger partial charge is 0.396 e. The van der Waals surface area contributed by atoms with E-state index in [4.69, 9.17) is 0 Å². The molecule has 4 rings (SSSR count). The van der Waals surface area contributed by atoms with Gasteiger partial charge < -0.3 is 25.5 Å². The lowest BCUT2D eigenvalue weighted by Gasteiger charge is -2.74. The molecule has 204 valence electrons. The Labute approximate surface area is 213 Å². The molecule has 0 saturated heterocycles. The van der Waals surface area contributed by atoms with Crippen molar-refractivity contribution in [1.29, 1.82) is 0 Å². The maximum Gasteiger partial charge on any atom is 0.0626 e. The molecule has 0 radical (unpaired) electrons. The summed E-state index contributed by atoms with van der Waals surface area (Å²) in [5, 5.41) is 55.4. The molecule has 4 aliphatic carbocycles. The zero-order valence-corrected chi connectivity index (χ0v) is 23.5. The van der Waals surface area contributed by atoms with Gasteiger partial charge in [-0.05, 0) is 117 Å². The van der Waals surface area contributed by atoms with Gasteiger partial charge in [0.25, 0.3) is 0 Å². The molecule has 10 atom stereocenters. The highest BCUT2D eigenvalue weighted by atomic mass is 16.3. The summed E-state index contributed by atoms with van der Waals surface area (Å²) in [6.07, 6.45) is 6.37. The van der Waals surface area contributed by atoms with Crippen molar-refractivity contribution in [2.24, 2.45) is 50.7 Å². The van der Waals surface area contributed by atoms with E-state index in [1.54, 1.807) is 0 Å². The average molecular weight is 495 g/mol. The summed E-state index contributed by atoms with van der Waals surface area (Å²) in [7, 11) is 0. The van der Waals surface area contributed by atoms with Gasteiger partial charge in [0.2, 0.25) is 0 Å². The second kappa shape index (κ2) is 8.66. The Kier molecular flexibility index (Phi) is 6.88. The number of hydrogen-bond donors (Lipinski definition) is 5. The molecule has 0 aromatic carbocycles. The number of aliphatic hydroxyl groups excluding tert-OH is 4. The van der Waals surface area contributed by atoms with Gasteiger partial charge in [-0.2, -0.15) is 0 Å². The fraction of sp³-hybridized carbons (Fsp3) is 1.00. The second-order valence-electron chi connectivity index (χ2n) is 15.4. The van der Waals surface area contributed by atoms with Crippen LogP contribution in [0.4, 0.5) is 0 Å². The van der Waals surface area contributed by atoms with Crippen LogP contribution in [0, 0.1) is 50.7 Å². The summed E-state index contributed by atoms with van der Waals surface area (Å²) < 4.78 is 0.